The Morgan fingerprint density at radius 1 is 0.333 bits per heavy atom. The molecule has 4 nitrogen and oxygen atoms in total. The van der Waals surface area contributed by atoms with Gasteiger partial charge in [0.05, 0.1) is 33.5 Å². The van der Waals surface area contributed by atoms with Gasteiger partial charge in [-0.25, -0.2) is 9.97 Å². The van der Waals surface area contributed by atoms with E-state index in [0.29, 0.717) is 0 Å². The normalized spacial score (nSPS) is 11.6. The molecule has 0 amide bonds. The van der Waals surface area contributed by atoms with Gasteiger partial charge in [-0.05, 0) is 78.7 Å². The van der Waals surface area contributed by atoms with Gasteiger partial charge in [0.2, 0.25) is 0 Å². The van der Waals surface area contributed by atoms with Crippen LogP contribution in [0.25, 0.3) is 100 Å². The number of nitrogens with zero attached hydrogens (tertiary/aromatic N) is 4. The summed E-state index contributed by atoms with van der Waals surface area (Å²) in [5.74, 6) is 0.722. The molecule has 0 aliphatic heterocycles. The maximum atomic E-state index is 5.09. The monoisotopic (exact) mass is 728 g/mol. The molecule has 8 aromatic carbocycles. The minimum atomic E-state index is 0.722. The minimum Gasteiger partial charge on any atom is -0.309 e. The molecule has 0 unspecified atom stereocenters. The molecule has 0 spiro atoms. The number of aryl methyl sites for hydroxylation is 1. The highest BCUT2D eigenvalue weighted by Crippen LogP contribution is 2.42. The maximum Gasteiger partial charge on any atom is 0.160 e. The van der Waals surface area contributed by atoms with Crippen LogP contribution in [0.4, 0.5) is 0 Å². The van der Waals surface area contributed by atoms with Crippen LogP contribution in [-0.2, 0) is 0 Å². The first kappa shape index (κ1) is 32.8. The lowest BCUT2D eigenvalue weighted by Crippen LogP contribution is -1.96. The predicted molar refractivity (Wildman–Crippen MR) is 237 cm³/mol. The molecule has 11 rings (SSSR count). The number of aromatic nitrogens is 4. The summed E-state index contributed by atoms with van der Waals surface area (Å²) < 4.78 is 4.82. The van der Waals surface area contributed by atoms with Gasteiger partial charge in [0.25, 0.3) is 0 Å². The molecule has 3 aromatic heterocycles. The van der Waals surface area contributed by atoms with Crippen LogP contribution in [0.15, 0.2) is 200 Å². The van der Waals surface area contributed by atoms with E-state index in [9.17, 15) is 0 Å². The molecule has 0 fully saturated rings. The lowest BCUT2D eigenvalue weighted by molar-refractivity contribution is 1.17. The van der Waals surface area contributed by atoms with Crippen LogP contribution < -0.4 is 0 Å². The van der Waals surface area contributed by atoms with Crippen molar-refractivity contribution in [2.24, 2.45) is 0 Å². The first-order chi connectivity index (χ1) is 28.2. The van der Waals surface area contributed by atoms with Crippen molar-refractivity contribution in [1.29, 1.82) is 0 Å². The summed E-state index contributed by atoms with van der Waals surface area (Å²) in [6, 6.07) is 71.4. The molecule has 0 N–H and O–H groups in total. The van der Waals surface area contributed by atoms with Gasteiger partial charge in [-0.3, -0.25) is 0 Å². The Kier molecular flexibility index (Phi) is 7.68. The Balaban J connectivity index is 1.03. The van der Waals surface area contributed by atoms with Gasteiger partial charge < -0.3 is 9.13 Å². The van der Waals surface area contributed by atoms with Crippen LogP contribution in [-0.4, -0.2) is 19.1 Å². The fourth-order valence-electron chi connectivity index (χ4n) is 8.57. The molecule has 4 heteroatoms. The average Bonchev–Trinajstić information content (AvgIpc) is 3.80. The van der Waals surface area contributed by atoms with Crippen molar-refractivity contribution >= 4 is 43.6 Å². The first-order valence-electron chi connectivity index (χ1n) is 19.4. The molecule has 0 saturated heterocycles. The predicted octanol–water partition coefficient (Wildman–Crippen LogP) is 13.6. The summed E-state index contributed by atoms with van der Waals surface area (Å²) in [5.41, 5.74) is 15.5. The van der Waals surface area contributed by atoms with Crippen molar-refractivity contribution in [3.8, 4) is 56.4 Å². The molecular weight excluding hydrogens is 693 g/mol. The van der Waals surface area contributed by atoms with Gasteiger partial charge in [0.15, 0.2) is 5.82 Å². The number of hydrogen-bond acceptors (Lipinski definition) is 2. The Morgan fingerprint density at radius 3 is 1.47 bits per heavy atom. The molecule has 268 valence electrons. The fraction of sp³-hybridized carbons (Fsp3) is 0.0189. The highest BCUT2D eigenvalue weighted by Gasteiger charge is 2.20. The van der Waals surface area contributed by atoms with Crippen molar-refractivity contribution < 1.29 is 0 Å². The topological polar surface area (TPSA) is 35.6 Å². The van der Waals surface area contributed by atoms with Crippen LogP contribution in [0, 0.1) is 6.92 Å². The summed E-state index contributed by atoms with van der Waals surface area (Å²) in [6.07, 6.45) is 0. The van der Waals surface area contributed by atoms with Gasteiger partial charge in [-0.15, -0.1) is 0 Å². The Labute approximate surface area is 330 Å². The summed E-state index contributed by atoms with van der Waals surface area (Å²) in [4.78, 5) is 10.1. The highest BCUT2D eigenvalue weighted by molar-refractivity contribution is 6.28. The SMILES string of the molecule is Cc1cccc(-c2nc(-c3ccccc3)cc(-c3ccc(-c4cccc(-n5c6ccccc6c6c7c8ccccc8n(-c8ccccc8)c7ccc65)c4)cc3)n2)c1. The molecule has 0 radical (unpaired) electrons. The standard InChI is InChI=1S/C53H36N4/c1-35-14-12-18-40(32-35)53-54-45(37-15-4-2-5-16-37)34-46(55-53)38-28-26-36(27-29-38)39-17-13-21-42(33-39)57-48-25-11-9-23-44(48)52-50(57)31-30-49-51(52)43-22-8-10-24-47(43)56(49)41-19-6-3-7-20-41/h2-34H,1H3. The fourth-order valence-corrected chi connectivity index (χ4v) is 8.57. The van der Waals surface area contributed by atoms with Crippen molar-refractivity contribution in [3.63, 3.8) is 0 Å². The minimum absolute atomic E-state index is 0.722. The average molecular weight is 729 g/mol. The zero-order valence-electron chi connectivity index (χ0n) is 31.3. The molecule has 57 heavy (non-hydrogen) atoms. The summed E-state index contributed by atoms with van der Waals surface area (Å²) in [6.45, 7) is 2.10. The van der Waals surface area contributed by atoms with E-state index in [1.165, 1.54) is 49.2 Å². The second-order valence-electron chi connectivity index (χ2n) is 14.7. The maximum absolute atomic E-state index is 5.09. The Bertz CT molecular complexity index is 3280. The molecular formula is C53H36N4. The van der Waals surface area contributed by atoms with Crippen LogP contribution >= 0.6 is 0 Å². The van der Waals surface area contributed by atoms with Crippen LogP contribution in [0.1, 0.15) is 5.56 Å². The number of hydrogen-bond donors (Lipinski definition) is 0. The van der Waals surface area contributed by atoms with Crippen LogP contribution in [0.3, 0.4) is 0 Å². The number of rotatable bonds is 6. The van der Waals surface area contributed by atoms with E-state index in [-0.39, 0.29) is 0 Å². The van der Waals surface area contributed by atoms with Crippen molar-refractivity contribution in [3.05, 3.63) is 206 Å². The molecule has 11 aromatic rings. The third-order valence-corrected chi connectivity index (χ3v) is 11.2. The van der Waals surface area contributed by atoms with E-state index in [1.54, 1.807) is 0 Å². The molecule has 0 bridgehead atoms. The summed E-state index contributed by atoms with van der Waals surface area (Å²) in [5, 5.41) is 5.05. The Hall–Kier alpha value is -7.56. The van der Waals surface area contributed by atoms with Gasteiger partial charge in [0, 0.05) is 49.6 Å². The van der Waals surface area contributed by atoms with E-state index < -0.39 is 0 Å². The van der Waals surface area contributed by atoms with E-state index in [1.807, 2.05) is 6.07 Å². The first-order valence-corrected chi connectivity index (χ1v) is 19.4. The van der Waals surface area contributed by atoms with Gasteiger partial charge in [0.1, 0.15) is 0 Å². The third-order valence-electron chi connectivity index (χ3n) is 11.2. The van der Waals surface area contributed by atoms with E-state index in [4.69, 9.17) is 9.97 Å². The summed E-state index contributed by atoms with van der Waals surface area (Å²) >= 11 is 0. The number of fused-ring (bicyclic) bond motifs is 7. The zero-order chi connectivity index (χ0) is 37.9. The smallest absolute Gasteiger partial charge is 0.160 e. The van der Waals surface area contributed by atoms with Crippen molar-refractivity contribution in [2.75, 3.05) is 0 Å². The van der Waals surface area contributed by atoms with Crippen LogP contribution in [0.5, 0.6) is 0 Å². The zero-order valence-corrected chi connectivity index (χ0v) is 31.3. The second-order valence-corrected chi connectivity index (χ2v) is 14.7. The molecule has 3 heterocycles. The van der Waals surface area contributed by atoms with Crippen molar-refractivity contribution in [1.82, 2.24) is 19.1 Å². The van der Waals surface area contributed by atoms with Crippen molar-refractivity contribution in [2.45, 2.75) is 6.92 Å². The Morgan fingerprint density at radius 2 is 0.825 bits per heavy atom. The lowest BCUT2D eigenvalue weighted by Gasteiger charge is -2.12. The number of para-hydroxylation sites is 3. The summed E-state index contributed by atoms with van der Waals surface area (Å²) in [7, 11) is 0. The van der Waals surface area contributed by atoms with Gasteiger partial charge in [-0.1, -0.05) is 145 Å². The van der Waals surface area contributed by atoms with E-state index in [2.05, 4.69) is 210 Å². The molecule has 0 aliphatic rings. The number of benzene rings is 8. The molecule has 0 aliphatic carbocycles. The third kappa shape index (κ3) is 5.53. The van der Waals surface area contributed by atoms with Gasteiger partial charge >= 0.3 is 0 Å². The van der Waals surface area contributed by atoms with Gasteiger partial charge in [-0.2, -0.15) is 0 Å². The molecule has 0 saturated carbocycles. The largest absolute Gasteiger partial charge is 0.309 e. The van der Waals surface area contributed by atoms with E-state index >= 15 is 0 Å². The second kappa shape index (κ2) is 13.3. The molecule has 0 atom stereocenters. The van der Waals surface area contributed by atoms with Crippen LogP contribution in [0.2, 0.25) is 0 Å². The quantitative estimate of drug-likeness (QED) is 0.171. The lowest BCUT2D eigenvalue weighted by atomic mass is 10.0. The van der Waals surface area contributed by atoms with E-state index in [0.717, 1.165) is 56.4 Å². The highest BCUT2D eigenvalue weighted by atomic mass is 15.0.